The molecule has 26 heavy (non-hydrogen) atoms. The maximum Gasteiger partial charge on any atom is 0.271 e. The van der Waals surface area contributed by atoms with Crippen LogP contribution in [0.4, 0.5) is 0 Å². The number of hydrogen-bond donors (Lipinski definition) is 1. The summed E-state index contributed by atoms with van der Waals surface area (Å²) >= 11 is 0. The van der Waals surface area contributed by atoms with Gasteiger partial charge in [0, 0.05) is 5.56 Å². The monoisotopic (exact) mass is 350 g/mol. The molecule has 0 unspecified atom stereocenters. The average molecular weight is 350 g/mol. The van der Waals surface area contributed by atoms with Crippen LogP contribution in [0.15, 0.2) is 69.1 Å². The van der Waals surface area contributed by atoms with Crippen LogP contribution in [0.2, 0.25) is 0 Å². The lowest BCUT2D eigenvalue weighted by Crippen LogP contribution is -2.18. The normalized spacial score (nSPS) is 11.0. The minimum atomic E-state index is -0.381. The molecule has 3 aromatic rings. The number of benzene rings is 2. The Kier molecular flexibility index (Phi) is 5.43. The van der Waals surface area contributed by atoms with E-state index in [9.17, 15) is 9.59 Å². The molecule has 6 nitrogen and oxygen atoms in total. The van der Waals surface area contributed by atoms with Gasteiger partial charge in [0.15, 0.2) is 0 Å². The van der Waals surface area contributed by atoms with Gasteiger partial charge in [-0.15, -0.1) is 0 Å². The van der Waals surface area contributed by atoms with E-state index in [-0.39, 0.29) is 16.9 Å². The van der Waals surface area contributed by atoms with E-state index in [2.05, 4.69) is 10.5 Å². The van der Waals surface area contributed by atoms with E-state index in [1.807, 2.05) is 6.92 Å². The molecule has 0 aliphatic carbocycles. The topological polar surface area (TPSA) is 80.9 Å². The van der Waals surface area contributed by atoms with Crippen LogP contribution in [0, 0.1) is 0 Å². The zero-order valence-electron chi connectivity index (χ0n) is 14.3. The van der Waals surface area contributed by atoms with Crippen molar-refractivity contribution in [3.8, 4) is 5.75 Å². The number of hydrazone groups is 1. The summed E-state index contributed by atoms with van der Waals surface area (Å²) in [5, 5.41) is 4.31. The number of para-hydroxylation sites is 1. The molecule has 0 fully saturated rings. The van der Waals surface area contributed by atoms with Gasteiger partial charge in [-0.3, -0.25) is 9.59 Å². The van der Waals surface area contributed by atoms with Crippen molar-refractivity contribution in [2.45, 2.75) is 13.3 Å². The molecule has 0 spiro atoms. The molecule has 1 amide bonds. The first kappa shape index (κ1) is 17.4. The molecule has 0 saturated heterocycles. The van der Waals surface area contributed by atoms with Crippen LogP contribution < -0.4 is 15.6 Å². The van der Waals surface area contributed by atoms with E-state index < -0.39 is 0 Å². The van der Waals surface area contributed by atoms with Crippen molar-refractivity contribution >= 4 is 23.1 Å². The van der Waals surface area contributed by atoms with Gasteiger partial charge in [0.25, 0.3) is 5.91 Å². The Bertz CT molecular complexity index is 991. The number of amides is 1. The Balaban J connectivity index is 1.67. The van der Waals surface area contributed by atoms with Crippen molar-refractivity contribution in [1.82, 2.24) is 5.43 Å². The summed E-state index contributed by atoms with van der Waals surface area (Å²) < 4.78 is 10.9. The lowest BCUT2D eigenvalue weighted by atomic mass is 10.2. The Labute approximate surface area is 150 Å². The molecule has 0 bridgehead atoms. The van der Waals surface area contributed by atoms with Crippen molar-refractivity contribution in [3.63, 3.8) is 0 Å². The minimum Gasteiger partial charge on any atom is -0.494 e. The van der Waals surface area contributed by atoms with Crippen LogP contribution in [0.1, 0.15) is 29.3 Å². The fourth-order valence-corrected chi connectivity index (χ4v) is 2.33. The first-order chi connectivity index (χ1) is 12.7. The van der Waals surface area contributed by atoms with E-state index >= 15 is 0 Å². The minimum absolute atomic E-state index is 0.206. The maximum absolute atomic E-state index is 12.3. The Hall–Kier alpha value is -3.41. The zero-order chi connectivity index (χ0) is 18.4. The van der Waals surface area contributed by atoms with Crippen molar-refractivity contribution in [2.24, 2.45) is 5.10 Å². The number of hydrogen-bond acceptors (Lipinski definition) is 5. The largest absolute Gasteiger partial charge is 0.494 e. The van der Waals surface area contributed by atoms with Crippen molar-refractivity contribution in [3.05, 3.63) is 76.1 Å². The van der Waals surface area contributed by atoms with Gasteiger partial charge in [0.2, 0.25) is 5.43 Å². The fourth-order valence-electron chi connectivity index (χ4n) is 2.33. The van der Waals surface area contributed by atoms with Crippen LogP contribution in [-0.4, -0.2) is 18.7 Å². The predicted octanol–water partition coefficient (Wildman–Crippen LogP) is 3.35. The summed E-state index contributed by atoms with van der Waals surface area (Å²) in [4.78, 5) is 24.4. The number of ether oxygens (including phenoxy) is 1. The van der Waals surface area contributed by atoms with Crippen molar-refractivity contribution in [2.75, 3.05) is 6.61 Å². The van der Waals surface area contributed by atoms with Crippen LogP contribution in [0.3, 0.4) is 0 Å². The standard InChI is InChI=1S/C20H18N2O4/c1-2-11-25-16-9-7-14(8-10-16)20(24)22-21-12-15-13-26-18-6-4-3-5-17(18)19(15)23/h3-10,12-13H,2,11H2,1H3,(H,22,24)/b21-12-. The van der Waals surface area contributed by atoms with E-state index in [4.69, 9.17) is 9.15 Å². The van der Waals surface area contributed by atoms with Crippen LogP contribution >= 0.6 is 0 Å². The summed E-state index contributed by atoms with van der Waals surface area (Å²) in [6, 6.07) is 13.7. The summed E-state index contributed by atoms with van der Waals surface area (Å²) in [5.41, 5.74) is 3.39. The molecule has 6 heteroatoms. The number of fused-ring (bicyclic) bond motifs is 1. The quantitative estimate of drug-likeness (QED) is 0.546. The first-order valence-electron chi connectivity index (χ1n) is 8.26. The highest BCUT2D eigenvalue weighted by atomic mass is 16.5. The van der Waals surface area contributed by atoms with E-state index in [0.29, 0.717) is 28.9 Å². The molecule has 1 aromatic heterocycles. The molecular formula is C20H18N2O4. The second kappa shape index (κ2) is 8.11. The lowest BCUT2D eigenvalue weighted by Gasteiger charge is -2.05. The third kappa shape index (κ3) is 3.97. The highest BCUT2D eigenvalue weighted by Gasteiger charge is 2.06. The van der Waals surface area contributed by atoms with E-state index in [0.717, 1.165) is 6.42 Å². The fraction of sp³-hybridized carbons (Fsp3) is 0.150. The molecular weight excluding hydrogens is 332 g/mol. The van der Waals surface area contributed by atoms with Gasteiger partial charge in [-0.1, -0.05) is 19.1 Å². The molecule has 0 atom stereocenters. The number of carbonyl (C=O) groups excluding carboxylic acids is 1. The van der Waals surface area contributed by atoms with Gasteiger partial charge in [-0.25, -0.2) is 5.43 Å². The van der Waals surface area contributed by atoms with Gasteiger partial charge >= 0.3 is 0 Å². The number of nitrogens with one attached hydrogen (secondary N) is 1. The van der Waals surface area contributed by atoms with E-state index in [1.165, 1.54) is 12.5 Å². The maximum atomic E-state index is 12.3. The first-order valence-corrected chi connectivity index (χ1v) is 8.26. The van der Waals surface area contributed by atoms with Crippen molar-refractivity contribution in [1.29, 1.82) is 0 Å². The lowest BCUT2D eigenvalue weighted by molar-refractivity contribution is 0.0955. The van der Waals surface area contributed by atoms with Gasteiger partial charge < -0.3 is 9.15 Å². The number of rotatable bonds is 6. The molecule has 132 valence electrons. The third-order valence-electron chi connectivity index (χ3n) is 3.67. The smallest absolute Gasteiger partial charge is 0.271 e. The average Bonchev–Trinajstić information content (AvgIpc) is 2.68. The highest BCUT2D eigenvalue weighted by molar-refractivity contribution is 5.95. The third-order valence-corrected chi connectivity index (χ3v) is 3.67. The van der Waals surface area contributed by atoms with Crippen molar-refractivity contribution < 1.29 is 13.9 Å². The van der Waals surface area contributed by atoms with Gasteiger partial charge in [-0.2, -0.15) is 5.10 Å². The van der Waals surface area contributed by atoms with Gasteiger partial charge in [0.1, 0.15) is 17.6 Å². The van der Waals surface area contributed by atoms with Gasteiger partial charge in [-0.05, 0) is 42.8 Å². The van der Waals surface area contributed by atoms with Crippen LogP contribution in [0.5, 0.6) is 5.75 Å². The molecule has 0 aliphatic rings. The second-order valence-electron chi connectivity index (χ2n) is 5.59. The molecule has 0 radical (unpaired) electrons. The van der Waals surface area contributed by atoms with Crippen LogP contribution in [-0.2, 0) is 0 Å². The second-order valence-corrected chi connectivity index (χ2v) is 5.59. The molecule has 0 aliphatic heterocycles. The SMILES string of the molecule is CCCOc1ccc(C(=O)N/N=C\c2coc3ccccc3c2=O)cc1. The van der Waals surface area contributed by atoms with Crippen LogP contribution in [0.25, 0.3) is 11.0 Å². The highest BCUT2D eigenvalue weighted by Crippen LogP contribution is 2.12. The summed E-state index contributed by atoms with van der Waals surface area (Å²) in [5.74, 6) is 0.328. The molecule has 3 rings (SSSR count). The Morgan fingerprint density at radius 2 is 1.96 bits per heavy atom. The number of nitrogens with zero attached hydrogens (tertiary/aromatic N) is 1. The summed E-state index contributed by atoms with van der Waals surface area (Å²) in [6.45, 7) is 2.65. The number of carbonyl (C=O) groups is 1. The molecule has 0 saturated carbocycles. The Morgan fingerprint density at radius 3 is 2.73 bits per heavy atom. The Morgan fingerprint density at radius 1 is 1.19 bits per heavy atom. The molecule has 1 N–H and O–H groups in total. The zero-order valence-corrected chi connectivity index (χ0v) is 14.3. The molecule has 1 heterocycles. The predicted molar refractivity (Wildman–Crippen MR) is 99.8 cm³/mol. The van der Waals surface area contributed by atoms with E-state index in [1.54, 1.807) is 48.5 Å². The summed E-state index contributed by atoms with van der Waals surface area (Å²) in [6.07, 6.45) is 3.51. The molecule has 2 aromatic carbocycles. The van der Waals surface area contributed by atoms with Gasteiger partial charge in [0.05, 0.1) is 23.8 Å². The summed E-state index contributed by atoms with van der Waals surface area (Å²) in [7, 11) is 0.